The lowest BCUT2D eigenvalue weighted by molar-refractivity contribution is 0.416. The average molecular weight is 267 g/mol. The first-order valence-corrected chi connectivity index (χ1v) is 7.37. The summed E-state index contributed by atoms with van der Waals surface area (Å²) in [6.45, 7) is 2.32. The van der Waals surface area contributed by atoms with Crippen LogP contribution in [-0.2, 0) is 0 Å². The summed E-state index contributed by atoms with van der Waals surface area (Å²) in [5.41, 5.74) is 3.64. The molecule has 0 spiro atoms. The minimum Gasteiger partial charge on any atom is -0.496 e. The number of anilines is 1. The first-order valence-electron chi connectivity index (χ1n) is 7.37. The Morgan fingerprint density at radius 2 is 1.65 bits per heavy atom. The van der Waals surface area contributed by atoms with Gasteiger partial charge >= 0.3 is 0 Å². The fourth-order valence-electron chi connectivity index (χ4n) is 2.88. The van der Waals surface area contributed by atoms with E-state index in [1.54, 1.807) is 7.11 Å². The van der Waals surface area contributed by atoms with Crippen molar-refractivity contribution in [1.29, 1.82) is 0 Å². The summed E-state index contributed by atoms with van der Waals surface area (Å²) in [5, 5.41) is 0. The summed E-state index contributed by atoms with van der Waals surface area (Å²) < 4.78 is 5.60. The molecule has 0 aromatic heterocycles. The van der Waals surface area contributed by atoms with Gasteiger partial charge < -0.3 is 9.64 Å². The molecule has 1 saturated heterocycles. The number of rotatable bonds is 3. The molecule has 0 aliphatic carbocycles. The maximum Gasteiger partial charge on any atom is 0.128 e. The lowest BCUT2D eigenvalue weighted by Gasteiger charge is -2.29. The summed E-state index contributed by atoms with van der Waals surface area (Å²) in [6.07, 6.45) is 3.95. The predicted octanol–water partition coefficient (Wildman–Crippen LogP) is 4.35. The van der Waals surface area contributed by atoms with Gasteiger partial charge in [0.1, 0.15) is 5.75 Å². The summed E-state index contributed by atoms with van der Waals surface area (Å²) >= 11 is 0. The number of hydrogen-bond acceptors (Lipinski definition) is 2. The molecule has 20 heavy (non-hydrogen) atoms. The molecule has 2 aromatic carbocycles. The third-order valence-corrected chi connectivity index (χ3v) is 3.99. The minimum absolute atomic E-state index is 0.958. The van der Waals surface area contributed by atoms with Gasteiger partial charge in [-0.05, 0) is 37.0 Å². The van der Waals surface area contributed by atoms with Gasteiger partial charge in [0.05, 0.1) is 7.11 Å². The number of ether oxygens (including phenoxy) is 1. The van der Waals surface area contributed by atoms with Crippen molar-refractivity contribution in [3.63, 3.8) is 0 Å². The largest absolute Gasteiger partial charge is 0.496 e. The van der Waals surface area contributed by atoms with E-state index in [4.69, 9.17) is 4.74 Å². The van der Waals surface area contributed by atoms with E-state index in [0.717, 1.165) is 24.4 Å². The van der Waals surface area contributed by atoms with Gasteiger partial charge in [0.2, 0.25) is 0 Å². The van der Waals surface area contributed by atoms with Gasteiger partial charge in [0.15, 0.2) is 0 Å². The van der Waals surface area contributed by atoms with Crippen molar-refractivity contribution in [1.82, 2.24) is 0 Å². The van der Waals surface area contributed by atoms with Crippen molar-refractivity contribution in [3.05, 3.63) is 48.5 Å². The van der Waals surface area contributed by atoms with Gasteiger partial charge in [0, 0.05) is 30.4 Å². The topological polar surface area (TPSA) is 12.5 Å². The molecular formula is C18H21NO. The van der Waals surface area contributed by atoms with E-state index >= 15 is 0 Å². The minimum atomic E-state index is 0.958. The molecule has 2 aromatic rings. The fraction of sp³-hybridized carbons (Fsp3) is 0.333. The van der Waals surface area contributed by atoms with E-state index in [1.165, 1.54) is 30.5 Å². The van der Waals surface area contributed by atoms with Crippen molar-refractivity contribution >= 4 is 5.69 Å². The Balaban J connectivity index is 1.93. The van der Waals surface area contributed by atoms with E-state index in [9.17, 15) is 0 Å². The number of methoxy groups -OCH3 is 1. The van der Waals surface area contributed by atoms with Crippen molar-refractivity contribution in [2.75, 3.05) is 25.1 Å². The Morgan fingerprint density at radius 3 is 2.35 bits per heavy atom. The van der Waals surface area contributed by atoms with Crippen molar-refractivity contribution in [2.24, 2.45) is 0 Å². The SMILES string of the molecule is COc1cc(N2CCCCC2)ccc1-c1ccccc1. The van der Waals surface area contributed by atoms with Crippen molar-refractivity contribution in [3.8, 4) is 16.9 Å². The second-order valence-corrected chi connectivity index (χ2v) is 5.30. The summed E-state index contributed by atoms with van der Waals surface area (Å²) in [6, 6.07) is 17.0. The molecule has 1 aliphatic rings. The molecular weight excluding hydrogens is 246 g/mol. The number of piperidine rings is 1. The second kappa shape index (κ2) is 6.00. The van der Waals surface area contributed by atoms with Crippen LogP contribution in [0.15, 0.2) is 48.5 Å². The smallest absolute Gasteiger partial charge is 0.128 e. The van der Waals surface area contributed by atoms with Crippen molar-refractivity contribution in [2.45, 2.75) is 19.3 Å². The van der Waals surface area contributed by atoms with E-state index in [1.807, 2.05) is 6.07 Å². The zero-order valence-corrected chi connectivity index (χ0v) is 12.0. The van der Waals surface area contributed by atoms with Crippen LogP contribution in [0.4, 0.5) is 5.69 Å². The lowest BCUT2D eigenvalue weighted by atomic mass is 10.0. The van der Waals surface area contributed by atoms with Gasteiger partial charge in [-0.15, -0.1) is 0 Å². The molecule has 0 radical (unpaired) electrons. The van der Waals surface area contributed by atoms with Gasteiger partial charge in [-0.3, -0.25) is 0 Å². The first kappa shape index (κ1) is 13.0. The number of nitrogens with zero attached hydrogens (tertiary/aromatic N) is 1. The molecule has 1 heterocycles. The molecule has 0 bridgehead atoms. The molecule has 0 N–H and O–H groups in total. The average Bonchev–Trinajstić information content (AvgIpc) is 2.56. The molecule has 3 rings (SSSR count). The Kier molecular flexibility index (Phi) is 3.91. The van der Waals surface area contributed by atoms with Gasteiger partial charge in [0.25, 0.3) is 0 Å². The molecule has 1 fully saturated rings. The van der Waals surface area contributed by atoms with Gasteiger partial charge in [-0.25, -0.2) is 0 Å². The normalized spacial score (nSPS) is 15.2. The monoisotopic (exact) mass is 267 g/mol. The van der Waals surface area contributed by atoms with Crippen LogP contribution < -0.4 is 9.64 Å². The molecule has 2 nitrogen and oxygen atoms in total. The van der Waals surface area contributed by atoms with Crippen LogP contribution in [0.5, 0.6) is 5.75 Å². The predicted molar refractivity (Wildman–Crippen MR) is 84.5 cm³/mol. The molecule has 0 unspecified atom stereocenters. The molecule has 2 heteroatoms. The van der Waals surface area contributed by atoms with Crippen LogP contribution in [0, 0.1) is 0 Å². The summed E-state index contributed by atoms with van der Waals surface area (Å²) in [4.78, 5) is 2.46. The zero-order chi connectivity index (χ0) is 13.8. The van der Waals surface area contributed by atoms with Crippen LogP contribution in [0.3, 0.4) is 0 Å². The van der Waals surface area contributed by atoms with Crippen LogP contribution in [0.1, 0.15) is 19.3 Å². The summed E-state index contributed by atoms with van der Waals surface area (Å²) in [5.74, 6) is 0.958. The quantitative estimate of drug-likeness (QED) is 0.819. The maximum absolute atomic E-state index is 5.60. The Labute approximate surface area is 121 Å². The van der Waals surface area contributed by atoms with E-state index in [0.29, 0.717) is 0 Å². The lowest BCUT2D eigenvalue weighted by Crippen LogP contribution is -2.29. The highest BCUT2D eigenvalue weighted by Crippen LogP contribution is 2.34. The maximum atomic E-state index is 5.60. The Hall–Kier alpha value is -1.96. The van der Waals surface area contributed by atoms with Crippen LogP contribution in [-0.4, -0.2) is 20.2 Å². The fourth-order valence-corrected chi connectivity index (χ4v) is 2.88. The Morgan fingerprint density at radius 1 is 0.900 bits per heavy atom. The number of benzene rings is 2. The second-order valence-electron chi connectivity index (χ2n) is 5.30. The van der Waals surface area contributed by atoms with Gasteiger partial charge in [-0.1, -0.05) is 30.3 Å². The third-order valence-electron chi connectivity index (χ3n) is 3.99. The molecule has 0 amide bonds. The molecule has 1 aliphatic heterocycles. The molecule has 0 saturated carbocycles. The van der Waals surface area contributed by atoms with E-state index in [2.05, 4.69) is 47.4 Å². The third kappa shape index (κ3) is 2.64. The zero-order valence-electron chi connectivity index (χ0n) is 12.0. The van der Waals surface area contributed by atoms with Crippen LogP contribution >= 0.6 is 0 Å². The molecule has 0 atom stereocenters. The molecule has 104 valence electrons. The standard InChI is InChI=1S/C18H21NO/c1-20-18-14-16(19-12-6-3-7-13-19)10-11-17(18)15-8-4-2-5-9-15/h2,4-5,8-11,14H,3,6-7,12-13H2,1H3. The highest BCUT2D eigenvalue weighted by molar-refractivity contribution is 5.73. The number of hydrogen-bond donors (Lipinski definition) is 0. The van der Waals surface area contributed by atoms with Gasteiger partial charge in [-0.2, -0.15) is 0 Å². The van der Waals surface area contributed by atoms with E-state index in [-0.39, 0.29) is 0 Å². The van der Waals surface area contributed by atoms with Crippen LogP contribution in [0.25, 0.3) is 11.1 Å². The van der Waals surface area contributed by atoms with Crippen LogP contribution in [0.2, 0.25) is 0 Å². The highest BCUT2D eigenvalue weighted by atomic mass is 16.5. The highest BCUT2D eigenvalue weighted by Gasteiger charge is 2.13. The first-order chi connectivity index (χ1) is 9.88. The van der Waals surface area contributed by atoms with Crippen molar-refractivity contribution < 1.29 is 4.74 Å². The Bertz CT molecular complexity index is 559. The summed E-state index contributed by atoms with van der Waals surface area (Å²) in [7, 11) is 1.75. The van der Waals surface area contributed by atoms with E-state index < -0.39 is 0 Å².